The Hall–Kier alpha value is -1.63. The number of likely N-dealkylation sites (tertiary alicyclic amines) is 1. The Morgan fingerprint density at radius 2 is 2.09 bits per heavy atom. The first-order chi connectivity index (χ1) is 10.9. The van der Waals surface area contributed by atoms with Crippen molar-refractivity contribution in [2.75, 3.05) is 26.2 Å². The van der Waals surface area contributed by atoms with Gasteiger partial charge in [0.05, 0.1) is 6.54 Å². The van der Waals surface area contributed by atoms with Crippen molar-refractivity contribution in [3.05, 3.63) is 0 Å². The van der Waals surface area contributed by atoms with Gasteiger partial charge in [-0.1, -0.05) is 0 Å². The number of likely N-dealkylation sites (N-methyl/N-ethyl adjacent to an activating group) is 1. The predicted molar refractivity (Wildman–Crippen MR) is 84.7 cm³/mol. The molecule has 2 N–H and O–H groups in total. The van der Waals surface area contributed by atoms with E-state index in [1.165, 1.54) is 4.90 Å². The maximum Gasteiger partial charge on any atom is 0.325 e. The van der Waals surface area contributed by atoms with Crippen LogP contribution in [0, 0.1) is 5.92 Å². The molecule has 2 aliphatic heterocycles. The molecule has 7 heteroatoms. The highest BCUT2D eigenvalue weighted by atomic mass is 16.2. The number of imide groups is 1. The van der Waals surface area contributed by atoms with Gasteiger partial charge < -0.3 is 10.6 Å². The van der Waals surface area contributed by atoms with Crippen LogP contribution in [0.4, 0.5) is 4.79 Å². The van der Waals surface area contributed by atoms with E-state index in [1.807, 2.05) is 6.92 Å². The second kappa shape index (κ2) is 6.11. The first kappa shape index (κ1) is 16.2. The number of nitrogens with one attached hydrogen (secondary N) is 2. The third kappa shape index (κ3) is 3.20. The number of carbonyl (C=O) groups excluding carboxylic acids is 3. The smallest absolute Gasteiger partial charge is 0.325 e. The number of rotatable bonds is 5. The van der Waals surface area contributed by atoms with Crippen LogP contribution in [-0.4, -0.2) is 65.4 Å². The maximum atomic E-state index is 12.6. The van der Waals surface area contributed by atoms with Gasteiger partial charge in [0.15, 0.2) is 0 Å². The molecule has 0 aromatic rings. The number of hydrogen-bond donors (Lipinski definition) is 2. The van der Waals surface area contributed by atoms with Gasteiger partial charge >= 0.3 is 6.03 Å². The SMILES string of the molecule is CCN1C(=O)N[C@](C)([C@@H]2CCCN(CC(=O)NC3CC3)C2)C1=O. The van der Waals surface area contributed by atoms with Crippen molar-refractivity contribution in [3.63, 3.8) is 0 Å². The number of nitrogens with zero attached hydrogens (tertiary/aromatic N) is 2. The molecule has 0 radical (unpaired) electrons. The molecule has 0 aromatic heterocycles. The number of hydrogen-bond acceptors (Lipinski definition) is 4. The Balaban J connectivity index is 1.62. The van der Waals surface area contributed by atoms with Crippen LogP contribution in [-0.2, 0) is 9.59 Å². The largest absolute Gasteiger partial charge is 0.352 e. The molecule has 4 amide bonds. The van der Waals surface area contributed by atoms with E-state index >= 15 is 0 Å². The summed E-state index contributed by atoms with van der Waals surface area (Å²) < 4.78 is 0. The summed E-state index contributed by atoms with van der Waals surface area (Å²) in [4.78, 5) is 39.9. The van der Waals surface area contributed by atoms with Crippen molar-refractivity contribution in [2.24, 2.45) is 5.92 Å². The summed E-state index contributed by atoms with van der Waals surface area (Å²) >= 11 is 0. The second-order valence-electron chi connectivity index (χ2n) is 7.10. The van der Waals surface area contributed by atoms with E-state index in [0.29, 0.717) is 25.7 Å². The quantitative estimate of drug-likeness (QED) is 0.714. The van der Waals surface area contributed by atoms with Crippen molar-refractivity contribution in [3.8, 4) is 0 Å². The standard InChI is InChI=1S/C16H26N4O3/c1-3-20-14(22)16(2,18-15(20)23)11-5-4-8-19(9-11)10-13(21)17-12-6-7-12/h11-12H,3-10H2,1-2H3,(H,17,21)(H,18,23)/t11-,16-/m1/s1. The van der Waals surface area contributed by atoms with Gasteiger partial charge in [0.1, 0.15) is 5.54 Å². The molecule has 3 rings (SSSR count). The fraction of sp³-hybridized carbons (Fsp3) is 0.812. The molecule has 2 heterocycles. The average Bonchev–Trinajstić information content (AvgIpc) is 3.27. The van der Waals surface area contributed by atoms with Crippen molar-refractivity contribution in [1.29, 1.82) is 0 Å². The summed E-state index contributed by atoms with van der Waals surface area (Å²) in [5, 5.41) is 5.88. The van der Waals surface area contributed by atoms with Crippen LogP contribution >= 0.6 is 0 Å². The first-order valence-corrected chi connectivity index (χ1v) is 8.60. The molecule has 7 nitrogen and oxygen atoms in total. The third-order valence-electron chi connectivity index (χ3n) is 5.25. The van der Waals surface area contributed by atoms with Crippen molar-refractivity contribution in [2.45, 2.75) is 51.1 Å². The molecular weight excluding hydrogens is 296 g/mol. The van der Waals surface area contributed by atoms with Crippen LogP contribution in [0.3, 0.4) is 0 Å². The Labute approximate surface area is 136 Å². The van der Waals surface area contributed by atoms with Crippen LogP contribution in [0.1, 0.15) is 39.5 Å². The van der Waals surface area contributed by atoms with Crippen molar-refractivity contribution in [1.82, 2.24) is 20.4 Å². The number of urea groups is 1. The van der Waals surface area contributed by atoms with E-state index in [4.69, 9.17) is 0 Å². The molecule has 2 saturated heterocycles. The summed E-state index contributed by atoms with van der Waals surface area (Å²) in [6.07, 6.45) is 3.99. The van der Waals surface area contributed by atoms with Gasteiger partial charge in [-0.3, -0.25) is 19.4 Å². The molecule has 0 bridgehead atoms. The van der Waals surface area contributed by atoms with E-state index < -0.39 is 5.54 Å². The molecule has 2 atom stereocenters. The zero-order chi connectivity index (χ0) is 16.6. The summed E-state index contributed by atoms with van der Waals surface area (Å²) in [7, 11) is 0. The lowest BCUT2D eigenvalue weighted by atomic mass is 9.80. The first-order valence-electron chi connectivity index (χ1n) is 8.60. The molecule has 23 heavy (non-hydrogen) atoms. The van der Waals surface area contributed by atoms with Crippen LogP contribution < -0.4 is 10.6 Å². The molecular formula is C16H26N4O3. The summed E-state index contributed by atoms with van der Waals surface area (Å²) in [6, 6.07) is 0.0676. The molecule has 0 unspecified atom stereocenters. The zero-order valence-electron chi connectivity index (χ0n) is 13.9. The van der Waals surface area contributed by atoms with E-state index in [1.54, 1.807) is 6.92 Å². The Morgan fingerprint density at radius 3 is 2.70 bits per heavy atom. The molecule has 128 valence electrons. The Kier molecular flexibility index (Phi) is 4.31. The summed E-state index contributed by atoms with van der Waals surface area (Å²) in [5.41, 5.74) is -0.848. The van der Waals surface area contributed by atoms with E-state index in [2.05, 4.69) is 15.5 Å². The maximum absolute atomic E-state index is 12.6. The molecule has 3 aliphatic rings. The molecule has 3 fully saturated rings. The fourth-order valence-corrected chi connectivity index (χ4v) is 3.65. The highest BCUT2D eigenvalue weighted by Gasteiger charge is 2.52. The van der Waals surface area contributed by atoms with Gasteiger partial charge in [0, 0.05) is 25.0 Å². The van der Waals surface area contributed by atoms with Crippen LogP contribution in [0.25, 0.3) is 0 Å². The van der Waals surface area contributed by atoms with Gasteiger partial charge in [-0.2, -0.15) is 0 Å². The Morgan fingerprint density at radius 1 is 1.35 bits per heavy atom. The lowest BCUT2D eigenvalue weighted by Crippen LogP contribution is -2.56. The minimum Gasteiger partial charge on any atom is -0.352 e. The lowest BCUT2D eigenvalue weighted by Gasteiger charge is -2.39. The molecule has 1 aliphatic carbocycles. The van der Waals surface area contributed by atoms with Gasteiger partial charge in [0.2, 0.25) is 5.91 Å². The minimum atomic E-state index is -0.848. The summed E-state index contributed by atoms with van der Waals surface area (Å²) in [6.45, 7) is 5.92. The van der Waals surface area contributed by atoms with Gasteiger partial charge in [-0.15, -0.1) is 0 Å². The highest BCUT2D eigenvalue weighted by Crippen LogP contribution is 2.32. The average molecular weight is 322 g/mol. The zero-order valence-corrected chi connectivity index (χ0v) is 13.9. The molecule has 0 spiro atoms. The van der Waals surface area contributed by atoms with E-state index in [0.717, 1.165) is 32.2 Å². The summed E-state index contributed by atoms with van der Waals surface area (Å²) in [5.74, 6) is -0.0347. The topological polar surface area (TPSA) is 81.8 Å². The van der Waals surface area contributed by atoms with Gasteiger partial charge in [-0.05, 0) is 46.1 Å². The van der Waals surface area contributed by atoms with E-state index in [9.17, 15) is 14.4 Å². The van der Waals surface area contributed by atoms with Crippen molar-refractivity contribution >= 4 is 17.8 Å². The Bertz CT molecular complexity index is 519. The second-order valence-corrected chi connectivity index (χ2v) is 7.10. The number of amides is 4. The highest BCUT2D eigenvalue weighted by molar-refractivity contribution is 6.07. The van der Waals surface area contributed by atoms with Gasteiger partial charge in [0.25, 0.3) is 5.91 Å². The lowest BCUT2D eigenvalue weighted by molar-refractivity contribution is -0.133. The van der Waals surface area contributed by atoms with Crippen LogP contribution in [0.5, 0.6) is 0 Å². The van der Waals surface area contributed by atoms with Gasteiger partial charge in [-0.25, -0.2) is 4.79 Å². The third-order valence-corrected chi connectivity index (χ3v) is 5.25. The fourth-order valence-electron chi connectivity index (χ4n) is 3.65. The molecule has 1 saturated carbocycles. The van der Waals surface area contributed by atoms with Crippen molar-refractivity contribution < 1.29 is 14.4 Å². The predicted octanol–water partition coefficient (Wildman–Crippen LogP) is 0.307. The minimum absolute atomic E-state index is 0.0398. The monoisotopic (exact) mass is 322 g/mol. The normalized spacial score (nSPS) is 32.1. The number of carbonyl (C=O) groups is 3. The molecule has 0 aromatic carbocycles. The van der Waals surface area contributed by atoms with E-state index in [-0.39, 0.29) is 23.8 Å². The van der Waals surface area contributed by atoms with Crippen LogP contribution in [0.2, 0.25) is 0 Å². The number of piperidine rings is 1. The van der Waals surface area contributed by atoms with Crippen LogP contribution in [0.15, 0.2) is 0 Å².